The van der Waals surface area contributed by atoms with Crippen LogP contribution < -0.4 is 9.47 Å². The number of nitrogens with zero attached hydrogens (tertiary/aromatic N) is 2. The molecule has 0 bridgehead atoms. The molecule has 1 aromatic carbocycles. The Kier molecular flexibility index (Phi) is 19.1. The molecule has 4 heteroatoms. The number of benzene rings is 1. The van der Waals surface area contributed by atoms with Crippen LogP contribution in [0.5, 0.6) is 11.5 Å². The van der Waals surface area contributed by atoms with E-state index in [1.807, 2.05) is 0 Å². The third kappa shape index (κ3) is 15.6. The van der Waals surface area contributed by atoms with E-state index in [1.54, 1.807) is 0 Å². The number of likely N-dealkylation sites (N-methyl/N-ethyl adjacent to an activating group) is 2. The molecule has 0 aliphatic rings. The van der Waals surface area contributed by atoms with Gasteiger partial charge in [0.05, 0.1) is 39.3 Å². The number of quaternary nitrogens is 2. The second-order valence-corrected chi connectivity index (χ2v) is 13.5. The van der Waals surface area contributed by atoms with Crippen molar-refractivity contribution in [3.63, 3.8) is 0 Å². The molecule has 0 heterocycles. The van der Waals surface area contributed by atoms with Gasteiger partial charge in [-0.1, -0.05) is 43.2 Å². The summed E-state index contributed by atoms with van der Waals surface area (Å²) >= 11 is 0. The predicted molar refractivity (Wildman–Crippen MR) is 184 cm³/mol. The fraction of sp³-hybridized carbons (Fsp3) is 0.737. The molecule has 0 spiro atoms. The van der Waals surface area contributed by atoms with E-state index in [1.165, 1.54) is 62.8 Å². The Bertz CT molecular complexity index is 821. The first-order valence-corrected chi connectivity index (χ1v) is 17.3. The molecule has 4 nitrogen and oxygen atoms in total. The lowest BCUT2D eigenvalue weighted by molar-refractivity contribution is -0.925. The van der Waals surface area contributed by atoms with E-state index < -0.39 is 0 Å². The number of allylic oxidation sites excluding steroid dienone is 4. The van der Waals surface area contributed by atoms with Gasteiger partial charge < -0.3 is 18.4 Å². The molecule has 0 aliphatic carbocycles. The van der Waals surface area contributed by atoms with E-state index >= 15 is 0 Å². The van der Waals surface area contributed by atoms with Crippen LogP contribution in [0.2, 0.25) is 0 Å². The Labute approximate surface area is 262 Å². The summed E-state index contributed by atoms with van der Waals surface area (Å²) in [4.78, 5) is 0. The van der Waals surface area contributed by atoms with Crippen LogP contribution in [0.4, 0.5) is 0 Å². The summed E-state index contributed by atoms with van der Waals surface area (Å²) in [6.07, 6.45) is 12.3. The van der Waals surface area contributed by atoms with E-state index in [-0.39, 0.29) is 0 Å². The lowest BCUT2D eigenvalue weighted by Gasteiger charge is -2.37. The molecule has 0 aromatic heterocycles. The van der Waals surface area contributed by atoms with Crippen molar-refractivity contribution >= 4 is 0 Å². The first-order chi connectivity index (χ1) is 20.0. The zero-order valence-electron chi connectivity index (χ0n) is 29.6. The molecule has 0 saturated carbocycles. The van der Waals surface area contributed by atoms with Gasteiger partial charge >= 0.3 is 0 Å². The minimum Gasteiger partial charge on any atom is -0.488 e. The van der Waals surface area contributed by atoms with E-state index in [2.05, 4.69) is 106 Å². The first-order valence-electron chi connectivity index (χ1n) is 17.3. The van der Waals surface area contributed by atoms with Gasteiger partial charge in [-0.05, 0) is 118 Å². The summed E-state index contributed by atoms with van der Waals surface area (Å²) in [5.74, 6) is 3.37. The van der Waals surface area contributed by atoms with Crippen LogP contribution in [0.1, 0.15) is 108 Å². The normalized spacial score (nSPS) is 13.4. The fourth-order valence-electron chi connectivity index (χ4n) is 5.89. The molecule has 2 atom stereocenters. The molecule has 2 unspecified atom stereocenters. The monoisotopic (exact) mass is 587 g/mol. The largest absolute Gasteiger partial charge is 0.488 e. The lowest BCUT2D eigenvalue weighted by atomic mass is 10.00. The molecule has 0 saturated heterocycles. The maximum atomic E-state index is 6.29. The molecule has 242 valence electrons. The molecular weight excluding hydrogens is 516 g/mol. The quantitative estimate of drug-likeness (QED) is 0.0887. The zero-order valence-corrected chi connectivity index (χ0v) is 29.6. The van der Waals surface area contributed by atoms with Gasteiger partial charge in [-0.2, -0.15) is 0 Å². The summed E-state index contributed by atoms with van der Waals surface area (Å²) in [5, 5.41) is 0. The van der Waals surface area contributed by atoms with Crippen LogP contribution in [0.15, 0.2) is 47.6 Å². The Morgan fingerprint density at radius 2 is 1.00 bits per heavy atom. The van der Waals surface area contributed by atoms with Gasteiger partial charge in [0.1, 0.15) is 37.8 Å². The van der Waals surface area contributed by atoms with E-state index in [4.69, 9.17) is 9.47 Å². The second-order valence-electron chi connectivity index (χ2n) is 13.5. The lowest BCUT2D eigenvalue weighted by Crippen LogP contribution is -2.51. The van der Waals surface area contributed by atoms with Gasteiger partial charge in [0, 0.05) is 6.07 Å². The summed E-state index contributed by atoms with van der Waals surface area (Å²) in [6.45, 7) is 33.7. The van der Waals surface area contributed by atoms with Crippen molar-refractivity contribution in [1.29, 1.82) is 0 Å². The van der Waals surface area contributed by atoms with Crippen molar-refractivity contribution in [2.75, 3.05) is 65.6 Å². The number of rotatable bonds is 24. The molecule has 0 fully saturated rings. The minimum absolute atomic E-state index is 0.745. The van der Waals surface area contributed by atoms with Crippen LogP contribution in [0.25, 0.3) is 0 Å². The molecule has 0 amide bonds. The average molecular weight is 587 g/mol. The molecule has 0 radical (unpaired) electrons. The van der Waals surface area contributed by atoms with Crippen LogP contribution in [0, 0.1) is 11.8 Å². The van der Waals surface area contributed by atoms with Crippen molar-refractivity contribution in [3.05, 3.63) is 47.6 Å². The van der Waals surface area contributed by atoms with Crippen molar-refractivity contribution < 1.29 is 18.4 Å². The highest BCUT2D eigenvalue weighted by Crippen LogP contribution is 2.22. The third-order valence-electron chi connectivity index (χ3n) is 9.77. The Morgan fingerprint density at radius 1 is 0.619 bits per heavy atom. The zero-order chi connectivity index (χ0) is 31.4. The number of ether oxygens (including phenoxy) is 2. The molecule has 1 aromatic rings. The third-order valence-corrected chi connectivity index (χ3v) is 9.77. The van der Waals surface area contributed by atoms with Gasteiger partial charge in [0.15, 0.2) is 0 Å². The highest BCUT2D eigenvalue weighted by atomic mass is 16.5. The van der Waals surface area contributed by atoms with Gasteiger partial charge in [-0.15, -0.1) is 0 Å². The van der Waals surface area contributed by atoms with Crippen LogP contribution in [0.3, 0.4) is 0 Å². The Hall–Kier alpha value is -1.78. The second kappa shape index (κ2) is 21.0. The standard InChI is InChI=1S/C38H70N2O2/c1-11-39(12-2,26-24-35(9)20-15-18-33(5)6)28-30-41-37-22-17-23-38(32-37)42-31-29-40(13-3,14-4)27-25-36(10)21-16-19-34(7)8/h17-19,22-23,32,35-36H,11-16,20-21,24-31H2,1-10H3/q+2. The summed E-state index contributed by atoms with van der Waals surface area (Å²) in [6, 6.07) is 8.28. The van der Waals surface area contributed by atoms with E-state index in [9.17, 15) is 0 Å². The molecule has 1 rings (SSSR count). The molecule has 0 N–H and O–H groups in total. The maximum absolute atomic E-state index is 6.29. The SMILES string of the molecule is CC[N+](CC)(CCOc1cccc(OCC[N+](CC)(CC)CCC(C)CCC=C(C)C)c1)CCC(C)CCC=C(C)C. The van der Waals surface area contributed by atoms with E-state index in [0.717, 1.165) is 84.8 Å². The van der Waals surface area contributed by atoms with Crippen LogP contribution in [-0.2, 0) is 0 Å². The maximum Gasteiger partial charge on any atom is 0.137 e. The molecule has 0 aliphatic heterocycles. The van der Waals surface area contributed by atoms with Gasteiger partial charge in [-0.25, -0.2) is 0 Å². The van der Waals surface area contributed by atoms with E-state index in [0.29, 0.717) is 0 Å². The minimum atomic E-state index is 0.745. The highest BCUT2D eigenvalue weighted by molar-refractivity contribution is 5.32. The van der Waals surface area contributed by atoms with Crippen molar-refractivity contribution in [2.45, 2.75) is 108 Å². The summed E-state index contributed by atoms with van der Waals surface area (Å²) in [7, 11) is 0. The topological polar surface area (TPSA) is 18.5 Å². The first kappa shape index (κ1) is 38.2. The van der Waals surface area contributed by atoms with Gasteiger partial charge in [-0.3, -0.25) is 0 Å². The number of hydrogen-bond donors (Lipinski definition) is 0. The van der Waals surface area contributed by atoms with Crippen molar-refractivity contribution in [1.82, 2.24) is 0 Å². The van der Waals surface area contributed by atoms with Gasteiger partial charge in [0.2, 0.25) is 0 Å². The van der Waals surface area contributed by atoms with Crippen LogP contribution in [-0.4, -0.2) is 74.5 Å². The van der Waals surface area contributed by atoms with Crippen molar-refractivity contribution in [3.8, 4) is 11.5 Å². The highest BCUT2D eigenvalue weighted by Gasteiger charge is 2.25. The Morgan fingerprint density at radius 3 is 1.33 bits per heavy atom. The molecular formula is C38H70N2O2+2. The Balaban J connectivity index is 2.58. The number of hydrogen-bond acceptors (Lipinski definition) is 2. The fourth-order valence-corrected chi connectivity index (χ4v) is 5.89. The predicted octanol–water partition coefficient (Wildman–Crippen LogP) is 9.70. The summed E-state index contributed by atoms with van der Waals surface area (Å²) < 4.78 is 14.8. The smallest absolute Gasteiger partial charge is 0.137 e. The van der Waals surface area contributed by atoms with Gasteiger partial charge in [0.25, 0.3) is 0 Å². The summed E-state index contributed by atoms with van der Waals surface area (Å²) in [5.41, 5.74) is 2.86. The molecule has 42 heavy (non-hydrogen) atoms. The van der Waals surface area contributed by atoms with Crippen LogP contribution >= 0.6 is 0 Å². The average Bonchev–Trinajstić information content (AvgIpc) is 2.97. The van der Waals surface area contributed by atoms with Crippen molar-refractivity contribution in [2.24, 2.45) is 11.8 Å².